The van der Waals surface area contributed by atoms with Gasteiger partial charge in [-0.25, -0.2) is 0 Å². The summed E-state index contributed by atoms with van der Waals surface area (Å²) in [6, 6.07) is 10.8. The number of piperidine rings is 1. The molecule has 20 heavy (non-hydrogen) atoms. The van der Waals surface area contributed by atoms with E-state index < -0.39 is 0 Å². The predicted molar refractivity (Wildman–Crippen MR) is 82.4 cm³/mol. The summed E-state index contributed by atoms with van der Waals surface area (Å²) >= 11 is 0. The van der Waals surface area contributed by atoms with Crippen LogP contribution >= 0.6 is 0 Å². The summed E-state index contributed by atoms with van der Waals surface area (Å²) in [6.45, 7) is 6.57. The molecule has 3 heteroatoms. The van der Waals surface area contributed by atoms with Crippen molar-refractivity contribution < 1.29 is 0 Å². The molecule has 0 bridgehead atoms. The average molecular weight is 271 g/mol. The topological polar surface area (TPSA) is 39.1 Å². The molecule has 1 saturated heterocycles. The lowest BCUT2D eigenvalue weighted by molar-refractivity contribution is 0.217. The molecule has 3 nitrogen and oxygen atoms in total. The van der Waals surface area contributed by atoms with Crippen molar-refractivity contribution in [3.05, 3.63) is 35.4 Å². The van der Waals surface area contributed by atoms with Gasteiger partial charge in [0.05, 0.1) is 11.6 Å². The van der Waals surface area contributed by atoms with Crippen molar-refractivity contribution in [3.8, 4) is 6.07 Å². The van der Waals surface area contributed by atoms with Crippen LogP contribution in [0.5, 0.6) is 0 Å². The van der Waals surface area contributed by atoms with Gasteiger partial charge in [-0.15, -0.1) is 0 Å². The van der Waals surface area contributed by atoms with Gasteiger partial charge >= 0.3 is 0 Å². The van der Waals surface area contributed by atoms with E-state index in [1.165, 1.54) is 31.2 Å². The van der Waals surface area contributed by atoms with E-state index in [9.17, 15) is 0 Å². The van der Waals surface area contributed by atoms with E-state index in [-0.39, 0.29) is 0 Å². The minimum absolute atomic E-state index is 0.634. The van der Waals surface area contributed by atoms with Gasteiger partial charge < -0.3 is 5.32 Å². The summed E-state index contributed by atoms with van der Waals surface area (Å²) in [5.74, 6) is 0. The maximum Gasteiger partial charge on any atom is 0.0991 e. The Labute approximate surface area is 122 Å². The zero-order valence-corrected chi connectivity index (χ0v) is 12.4. The zero-order valence-electron chi connectivity index (χ0n) is 12.4. The van der Waals surface area contributed by atoms with Gasteiger partial charge in [0, 0.05) is 19.1 Å². The molecule has 0 spiro atoms. The lowest BCUT2D eigenvalue weighted by Crippen LogP contribution is -2.43. The Kier molecular flexibility index (Phi) is 6.04. The smallest absolute Gasteiger partial charge is 0.0991 e. The van der Waals surface area contributed by atoms with Gasteiger partial charge in [0.2, 0.25) is 0 Å². The van der Waals surface area contributed by atoms with Gasteiger partial charge in [-0.1, -0.05) is 25.5 Å². The van der Waals surface area contributed by atoms with E-state index >= 15 is 0 Å². The van der Waals surface area contributed by atoms with Gasteiger partial charge in [0.25, 0.3) is 0 Å². The van der Waals surface area contributed by atoms with Gasteiger partial charge in [0.1, 0.15) is 0 Å². The summed E-state index contributed by atoms with van der Waals surface area (Å²) in [5, 5.41) is 12.6. The molecule has 1 atom stereocenters. The number of rotatable bonds is 6. The third kappa shape index (κ3) is 4.63. The van der Waals surface area contributed by atoms with Gasteiger partial charge in [-0.05, 0) is 50.0 Å². The van der Waals surface area contributed by atoms with Crippen LogP contribution in [0.4, 0.5) is 0 Å². The lowest BCUT2D eigenvalue weighted by atomic mass is 10.0. The van der Waals surface area contributed by atoms with Crippen LogP contribution in [0.1, 0.15) is 43.7 Å². The van der Waals surface area contributed by atoms with Gasteiger partial charge in [-0.3, -0.25) is 4.90 Å². The van der Waals surface area contributed by atoms with Crippen molar-refractivity contribution >= 4 is 0 Å². The third-order valence-electron chi connectivity index (χ3n) is 3.89. The Morgan fingerprint density at radius 3 is 3.00 bits per heavy atom. The standard InChI is InChI=1S/C17H25N3/c1-2-10-20(14-17-8-3-4-9-19-17)13-16-7-5-6-15(11-16)12-18/h5-7,11,17,19H,2-4,8-10,13-14H2,1H3. The first-order valence-electron chi connectivity index (χ1n) is 7.76. The first-order chi connectivity index (χ1) is 9.81. The van der Waals surface area contributed by atoms with Crippen LogP contribution in [-0.2, 0) is 6.54 Å². The molecule has 1 aromatic carbocycles. The molecule has 0 radical (unpaired) electrons. The van der Waals surface area contributed by atoms with E-state index in [1.807, 2.05) is 18.2 Å². The molecule has 0 aliphatic carbocycles. The van der Waals surface area contributed by atoms with Crippen molar-refractivity contribution in [3.63, 3.8) is 0 Å². The molecule has 2 rings (SSSR count). The van der Waals surface area contributed by atoms with E-state index in [4.69, 9.17) is 5.26 Å². The maximum atomic E-state index is 8.99. The summed E-state index contributed by atoms with van der Waals surface area (Å²) in [5.41, 5.74) is 2.00. The molecule has 108 valence electrons. The normalized spacial score (nSPS) is 18.9. The number of nitrogens with zero attached hydrogens (tertiary/aromatic N) is 2. The van der Waals surface area contributed by atoms with E-state index in [0.717, 1.165) is 31.7 Å². The number of benzene rings is 1. The first-order valence-corrected chi connectivity index (χ1v) is 7.76. The molecule has 1 heterocycles. The second kappa shape index (κ2) is 8.04. The van der Waals surface area contributed by atoms with Crippen LogP contribution in [0.25, 0.3) is 0 Å². The highest BCUT2D eigenvalue weighted by Crippen LogP contribution is 2.12. The largest absolute Gasteiger partial charge is 0.313 e. The van der Waals surface area contributed by atoms with E-state index in [2.05, 4.69) is 29.3 Å². The van der Waals surface area contributed by atoms with Crippen LogP contribution in [0, 0.1) is 11.3 Å². The monoisotopic (exact) mass is 271 g/mol. The quantitative estimate of drug-likeness (QED) is 0.864. The minimum atomic E-state index is 0.634. The van der Waals surface area contributed by atoms with Gasteiger partial charge in [0.15, 0.2) is 0 Å². The summed E-state index contributed by atoms with van der Waals surface area (Å²) < 4.78 is 0. The van der Waals surface area contributed by atoms with E-state index in [0.29, 0.717) is 6.04 Å². The number of hydrogen-bond acceptors (Lipinski definition) is 3. The Morgan fingerprint density at radius 2 is 2.30 bits per heavy atom. The van der Waals surface area contributed by atoms with Crippen LogP contribution in [0.15, 0.2) is 24.3 Å². The molecule has 1 fully saturated rings. The van der Waals surface area contributed by atoms with Crippen LogP contribution in [0.2, 0.25) is 0 Å². The van der Waals surface area contributed by atoms with Crippen molar-refractivity contribution in [1.82, 2.24) is 10.2 Å². The number of hydrogen-bond donors (Lipinski definition) is 1. The minimum Gasteiger partial charge on any atom is -0.313 e. The summed E-state index contributed by atoms with van der Waals surface area (Å²) in [6.07, 6.45) is 5.12. The van der Waals surface area contributed by atoms with Crippen molar-refractivity contribution in [2.45, 2.75) is 45.2 Å². The molecule has 0 saturated carbocycles. The number of nitriles is 1. The molecule has 1 N–H and O–H groups in total. The van der Waals surface area contributed by atoms with Crippen LogP contribution in [-0.4, -0.2) is 30.6 Å². The average Bonchev–Trinajstić information content (AvgIpc) is 2.49. The zero-order chi connectivity index (χ0) is 14.2. The molecular weight excluding hydrogens is 246 g/mol. The highest BCUT2D eigenvalue weighted by molar-refractivity contribution is 5.32. The highest BCUT2D eigenvalue weighted by atomic mass is 15.1. The van der Waals surface area contributed by atoms with Crippen molar-refractivity contribution in [2.75, 3.05) is 19.6 Å². The summed E-state index contributed by atoms with van der Waals surface area (Å²) in [4.78, 5) is 2.51. The molecule has 0 amide bonds. The molecule has 1 aliphatic rings. The molecule has 1 unspecified atom stereocenters. The van der Waals surface area contributed by atoms with Crippen LogP contribution in [0.3, 0.4) is 0 Å². The molecular formula is C17H25N3. The maximum absolute atomic E-state index is 8.99. The van der Waals surface area contributed by atoms with E-state index in [1.54, 1.807) is 0 Å². The Morgan fingerprint density at radius 1 is 1.40 bits per heavy atom. The van der Waals surface area contributed by atoms with Gasteiger partial charge in [-0.2, -0.15) is 5.26 Å². The van der Waals surface area contributed by atoms with Crippen molar-refractivity contribution in [2.24, 2.45) is 0 Å². The lowest BCUT2D eigenvalue weighted by Gasteiger charge is -2.30. The summed E-state index contributed by atoms with van der Waals surface area (Å²) in [7, 11) is 0. The predicted octanol–water partition coefficient (Wildman–Crippen LogP) is 2.91. The molecule has 1 aromatic rings. The molecule has 1 aliphatic heterocycles. The fourth-order valence-electron chi connectivity index (χ4n) is 2.94. The third-order valence-corrected chi connectivity index (χ3v) is 3.89. The number of nitrogens with one attached hydrogen (secondary N) is 1. The van der Waals surface area contributed by atoms with Crippen molar-refractivity contribution in [1.29, 1.82) is 5.26 Å². The van der Waals surface area contributed by atoms with Crippen LogP contribution < -0.4 is 5.32 Å². The SMILES string of the molecule is CCCN(Cc1cccc(C#N)c1)CC1CCCCN1. The fourth-order valence-corrected chi connectivity index (χ4v) is 2.94. The fraction of sp³-hybridized carbons (Fsp3) is 0.588. The highest BCUT2D eigenvalue weighted by Gasteiger charge is 2.16. The first kappa shape index (κ1) is 15.0. The Balaban J connectivity index is 1.95. The molecule has 0 aromatic heterocycles. The second-order valence-electron chi connectivity index (χ2n) is 5.69. The Bertz CT molecular complexity index is 444. The second-order valence-corrected chi connectivity index (χ2v) is 5.69. The Hall–Kier alpha value is -1.37.